The molecule has 2 aromatic carbocycles. The lowest BCUT2D eigenvalue weighted by Gasteiger charge is -2.28. The third-order valence-corrected chi connectivity index (χ3v) is 7.77. The van der Waals surface area contributed by atoms with Gasteiger partial charge in [0.05, 0.1) is 23.8 Å². The van der Waals surface area contributed by atoms with Gasteiger partial charge in [-0.15, -0.1) is 10.2 Å². The summed E-state index contributed by atoms with van der Waals surface area (Å²) in [4.78, 5) is -0.192. The minimum absolute atomic E-state index is 0.00817. The van der Waals surface area contributed by atoms with Gasteiger partial charge in [0.15, 0.2) is 5.82 Å². The van der Waals surface area contributed by atoms with E-state index in [9.17, 15) is 17.9 Å². The number of aromatic amines is 1. The van der Waals surface area contributed by atoms with E-state index in [1.54, 1.807) is 19.9 Å². The first kappa shape index (κ1) is 23.6. The topological polar surface area (TPSA) is 130 Å². The molecule has 0 saturated carbocycles. The molecule has 3 aromatic rings. The summed E-state index contributed by atoms with van der Waals surface area (Å²) in [5, 5.41) is 24.3. The van der Waals surface area contributed by atoms with Crippen molar-refractivity contribution in [1.29, 1.82) is 0 Å². The van der Waals surface area contributed by atoms with Crippen LogP contribution in [0.4, 0.5) is 4.39 Å². The maximum Gasteiger partial charge on any atom is 0.244 e. The summed E-state index contributed by atoms with van der Waals surface area (Å²) >= 11 is 6.20. The summed E-state index contributed by atoms with van der Waals surface area (Å²) in [6, 6.07) is 4.66. The molecular formula is C21H23ClFN5O4S. The van der Waals surface area contributed by atoms with E-state index in [0.717, 1.165) is 5.56 Å². The van der Waals surface area contributed by atoms with E-state index in [1.807, 2.05) is 6.92 Å². The van der Waals surface area contributed by atoms with Crippen molar-refractivity contribution >= 4 is 21.6 Å². The molecule has 9 nitrogen and oxygen atoms in total. The smallest absolute Gasteiger partial charge is 0.244 e. The highest BCUT2D eigenvalue weighted by atomic mass is 35.5. The van der Waals surface area contributed by atoms with Crippen molar-refractivity contribution in [3.8, 4) is 5.75 Å². The van der Waals surface area contributed by atoms with Crippen LogP contribution in [0.3, 0.4) is 0 Å². The highest BCUT2D eigenvalue weighted by Gasteiger charge is 2.36. The number of aromatic nitrogens is 4. The van der Waals surface area contributed by atoms with Gasteiger partial charge in [-0.1, -0.05) is 29.8 Å². The largest absolute Gasteiger partial charge is 0.492 e. The van der Waals surface area contributed by atoms with Gasteiger partial charge in [-0.05, 0) is 48.7 Å². The van der Waals surface area contributed by atoms with Crippen LogP contribution in [0.2, 0.25) is 5.02 Å². The molecule has 0 saturated heterocycles. The van der Waals surface area contributed by atoms with E-state index in [1.165, 1.54) is 18.2 Å². The molecule has 1 unspecified atom stereocenters. The van der Waals surface area contributed by atoms with E-state index >= 15 is 0 Å². The van der Waals surface area contributed by atoms with Crippen LogP contribution in [0.1, 0.15) is 59.5 Å². The second-order valence-electron chi connectivity index (χ2n) is 8.00. The zero-order chi connectivity index (χ0) is 23.9. The first-order chi connectivity index (χ1) is 15.6. The van der Waals surface area contributed by atoms with Crippen LogP contribution in [0.5, 0.6) is 5.75 Å². The lowest BCUT2D eigenvalue weighted by molar-refractivity contribution is 0.113. The molecule has 0 bridgehead atoms. The van der Waals surface area contributed by atoms with Crippen LogP contribution in [-0.2, 0) is 10.0 Å². The predicted molar refractivity (Wildman–Crippen MR) is 118 cm³/mol. The number of aryl methyl sites for hydroxylation is 1. The van der Waals surface area contributed by atoms with Crippen LogP contribution in [0.15, 0.2) is 29.2 Å². The third-order valence-electron chi connectivity index (χ3n) is 5.98. The molecule has 0 spiro atoms. The number of fused-ring (bicyclic) bond motifs is 1. The Hall–Kier alpha value is -2.60. The van der Waals surface area contributed by atoms with E-state index in [2.05, 4.69) is 25.3 Å². The first-order valence-electron chi connectivity index (χ1n) is 10.3. The lowest BCUT2D eigenvalue weighted by atomic mass is 9.88. The highest BCUT2D eigenvalue weighted by molar-refractivity contribution is 7.89. The Morgan fingerprint density at radius 3 is 2.76 bits per heavy atom. The Morgan fingerprint density at radius 1 is 1.30 bits per heavy atom. The van der Waals surface area contributed by atoms with Crippen LogP contribution in [0.25, 0.3) is 0 Å². The Balaban J connectivity index is 1.79. The number of nitrogens with one attached hydrogen (secondary N) is 2. The van der Waals surface area contributed by atoms with Gasteiger partial charge >= 0.3 is 0 Å². The van der Waals surface area contributed by atoms with Crippen LogP contribution in [-0.4, -0.2) is 40.8 Å². The van der Waals surface area contributed by atoms with Gasteiger partial charge in [-0.3, -0.25) is 0 Å². The number of sulfonamides is 1. The summed E-state index contributed by atoms with van der Waals surface area (Å²) in [5.74, 6) is -1.11. The number of rotatable bonds is 6. The van der Waals surface area contributed by atoms with E-state index in [-0.39, 0.29) is 40.1 Å². The summed E-state index contributed by atoms with van der Waals surface area (Å²) in [6.07, 6.45) is -0.662. The van der Waals surface area contributed by atoms with E-state index in [0.29, 0.717) is 11.1 Å². The number of hydrogen-bond acceptors (Lipinski definition) is 7. The van der Waals surface area contributed by atoms with Gasteiger partial charge in [-0.25, -0.2) is 12.8 Å². The summed E-state index contributed by atoms with van der Waals surface area (Å²) in [6.45, 7) is 5.44. The molecule has 0 radical (unpaired) electrons. The van der Waals surface area contributed by atoms with Gasteiger partial charge in [0.2, 0.25) is 10.0 Å². The number of ether oxygens (including phenoxy) is 1. The molecule has 176 valence electrons. The van der Waals surface area contributed by atoms with Crippen molar-refractivity contribution in [3.63, 3.8) is 0 Å². The molecule has 1 aliphatic heterocycles. The van der Waals surface area contributed by atoms with Crippen molar-refractivity contribution in [1.82, 2.24) is 25.3 Å². The molecule has 3 atom stereocenters. The summed E-state index contributed by atoms with van der Waals surface area (Å²) in [7, 11) is -4.24. The zero-order valence-corrected chi connectivity index (χ0v) is 19.7. The number of hydrogen-bond donors (Lipinski definition) is 3. The number of tetrazole rings is 1. The van der Waals surface area contributed by atoms with Gasteiger partial charge < -0.3 is 9.84 Å². The predicted octanol–water partition coefficient (Wildman–Crippen LogP) is 3.25. The minimum Gasteiger partial charge on any atom is -0.492 e. The number of aliphatic hydroxyl groups excluding tert-OH is 1. The first-order valence-corrected chi connectivity index (χ1v) is 12.1. The van der Waals surface area contributed by atoms with Crippen molar-refractivity contribution in [2.75, 3.05) is 6.61 Å². The molecule has 0 amide bonds. The third kappa shape index (κ3) is 4.33. The Bertz CT molecular complexity index is 1290. The average molecular weight is 496 g/mol. The van der Waals surface area contributed by atoms with Crippen LogP contribution in [0, 0.1) is 19.7 Å². The number of H-pyrrole nitrogens is 1. The van der Waals surface area contributed by atoms with Gasteiger partial charge in [-0.2, -0.15) is 9.94 Å². The van der Waals surface area contributed by atoms with Gasteiger partial charge in [0, 0.05) is 17.9 Å². The SMILES string of the molecule is Cc1ccc(F)c([C@@H](C)[C@H](NS(=O)(=O)c2ccc(Cl)c3c2OCCC3O)c2nn[nH]n2)c1C. The number of nitrogens with zero attached hydrogens (tertiary/aromatic N) is 3. The van der Waals surface area contributed by atoms with E-state index in [4.69, 9.17) is 16.3 Å². The maximum atomic E-state index is 14.8. The fourth-order valence-corrected chi connectivity index (χ4v) is 5.79. The van der Waals surface area contributed by atoms with Gasteiger partial charge in [0.25, 0.3) is 0 Å². The Labute approximate surface area is 195 Å². The van der Waals surface area contributed by atoms with Crippen LogP contribution < -0.4 is 9.46 Å². The maximum absolute atomic E-state index is 14.8. The molecule has 1 aromatic heterocycles. The summed E-state index contributed by atoms with van der Waals surface area (Å²) in [5.41, 5.74) is 2.13. The zero-order valence-electron chi connectivity index (χ0n) is 18.1. The van der Waals surface area contributed by atoms with Crippen molar-refractivity contribution < 1.29 is 22.7 Å². The fraction of sp³-hybridized carbons (Fsp3) is 0.381. The summed E-state index contributed by atoms with van der Waals surface area (Å²) < 4.78 is 50.0. The number of halogens is 2. The quantitative estimate of drug-likeness (QED) is 0.478. The second-order valence-corrected chi connectivity index (χ2v) is 10.1. The molecule has 4 rings (SSSR count). The van der Waals surface area contributed by atoms with Crippen LogP contribution >= 0.6 is 11.6 Å². The highest BCUT2D eigenvalue weighted by Crippen LogP contribution is 2.42. The van der Waals surface area contributed by atoms with Crippen molar-refractivity contribution in [2.24, 2.45) is 0 Å². The van der Waals surface area contributed by atoms with Crippen molar-refractivity contribution in [3.05, 3.63) is 63.2 Å². The molecule has 0 aliphatic carbocycles. The standard InChI is InChI=1S/C21H23ClFN5O4S/c1-10-4-6-14(23)17(11(10)2)12(3)19(21-24-27-28-25-21)26-33(30,31)16-7-5-13(22)18-15(29)8-9-32-20(16)18/h4-7,12,15,19,26,29H,8-9H2,1-3H3,(H,24,25,27,28)/t12-,15?,19+/m1/s1. The molecule has 3 N–H and O–H groups in total. The molecular weight excluding hydrogens is 473 g/mol. The Morgan fingerprint density at radius 2 is 2.06 bits per heavy atom. The molecule has 2 heterocycles. The number of aliphatic hydroxyl groups is 1. The molecule has 0 fully saturated rings. The number of benzene rings is 2. The average Bonchev–Trinajstić information content (AvgIpc) is 3.29. The second kappa shape index (κ2) is 8.98. The normalized spacial score (nSPS) is 17.8. The van der Waals surface area contributed by atoms with Crippen molar-refractivity contribution in [2.45, 2.75) is 50.2 Å². The molecule has 1 aliphatic rings. The van der Waals surface area contributed by atoms with Gasteiger partial charge in [0.1, 0.15) is 16.5 Å². The van der Waals surface area contributed by atoms with E-state index < -0.39 is 33.9 Å². The Kier molecular flexibility index (Phi) is 6.41. The lowest BCUT2D eigenvalue weighted by Crippen LogP contribution is -2.34. The molecule has 12 heteroatoms. The minimum atomic E-state index is -4.24. The monoisotopic (exact) mass is 495 g/mol. The fourth-order valence-electron chi connectivity index (χ4n) is 4.08. The molecule has 33 heavy (non-hydrogen) atoms.